The standard InChI is InChI=1S/C19H16N4O3/c1-12-7-8-17-15(9-12)10-16(13(2)21-17)19(24)22-20-11-14-5-3-4-6-18(14)23(25)26/h3-11H,1-2H3,(H,22,24)/b20-11-. The number of amides is 1. The maximum Gasteiger partial charge on any atom is 0.278 e. The summed E-state index contributed by atoms with van der Waals surface area (Å²) in [5.74, 6) is -0.423. The second-order valence-corrected chi connectivity index (χ2v) is 5.83. The van der Waals surface area contributed by atoms with E-state index in [2.05, 4.69) is 15.5 Å². The minimum atomic E-state index is -0.497. The second kappa shape index (κ2) is 7.10. The topological polar surface area (TPSA) is 97.5 Å². The fourth-order valence-corrected chi connectivity index (χ4v) is 2.61. The van der Waals surface area contributed by atoms with Gasteiger partial charge in [-0.05, 0) is 38.1 Å². The van der Waals surface area contributed by atoms with Crippen molar-refractivity contribution in [3.8, 4) is 0 Å². The molecule has 0 fully saturated rings. The highest BCUT2D eigenvalue weighted by Gasteiger charge is 2.12. The number of carbonyl (C=O) groups excluding carboxylic acids is 1. The number of nitro benzene ring substituents is 1. The van der Waals surface area contributed by atoms with Crippen LogP contribution in [0.5, 0.6) is 0 Å². The van der Waals surface area contributed by atoms with E-state index in [4.69, 9.17) is 0 Å². The normalized spacial score (nSPS) is 11.0. The molecule has 0 bridgehead atoms. The molecule has 7 nitrogen and oxygen atoms in total. The van der Waals surface area contributed by atoms with E-state index in [9.17, 15) is 14.9 Å². The molecule has 0 radical (unpaired) electrons. The monoisotopic (exact) mass is 348 g/mol. The number of pyridine rings is 1. The number of hydrazone groups is 1. The van der Waals surface area contributed by atoms with Crippen LogP contribution in [0.25, 0.3) is 10.9 Å². The molecule has 0 unspecified atom stereocenters. The van der Waals surface area contributed by atoms with E-state index in [0.29, 0.717) is 16.8 Å². The summed E-state index contributed by atoms with van der Waals surface area (Å²) in [5, 5.41) is 15.7. The van der Waals surface area contributed by atoms with Gasteiger partial charge in [0, 0.05) is 11.5 Å². The molecule has 0 spiro atoms. The van der Waals surface area contributed by atoms with Gasteiger partial charge in [-0.25, -0.2) is 5.43 Å². The van der Waals surface area contributed by atoms with Crippen LogP contribution in [0.3, 0.4) is 0 Å². The molecule has 3 rings (SSSR count). The van der Waals surface area contributed by atoms with E-state index >= 15 is 0 Å². The smallest absolute Gasteiger partial charge is 0.267 e. The van der Waals surface area contributed by atoms with Crippen LogP contribution < -0.4 is 5.43 Å². The number of aryl methyl sites for hydroxylation is 2. The fourth-order valence-electron chi connectivity index (χ4n) is 2.61. The quantitative estimate of drug-likeness (QED) is 0.443. The Morgan fingerprint density at radius 3 is 2.73 bits per heavy atom. The molecule has 0 aliphatic carbocycles. The Morgan fingerprint density at radius 2 is 1.96 bits per heavy atom. The Kier molecular flexibility index (Phi) is 4.70. The molecule has 1 N–H and O–H groups in total. The van der Waals surface area contributed by atoms with Gasteiger partial charge in [0.05, 0.1) is 33.5 Å². The summed E-state index contributed by atoms with van der Waals surface area (Å²) in [7, 11) is 0. The van der Waals surface area contributed by atoms with Crippen LogP contribution in [0.4, 0.5) is 5.69 Å². The van der Waals surface area contributed by atoms with Gasteiger partial charge in [-0.3, -0.25) is 19.9 Å². The first-order chi connectivity index (χ1) is 12.5. The van der Waals surface area contributed by atoms with Gasteiger partial charge in [0.15, 0.2) is 0 Å². The Hall–Kier alpha value is -3.61. The van der Waals surface area contributed by atoms with Crippen molar-refractivity contribution in [1.82, 2.24) is 10.4 Å². The number of nitrogens with zero attached hydrogens (tertiary/aromatic N) is 3. The third-order valence-corrected chi connectivity index (χ3v) is 3.91. The van der Waals surface area contributed by atoms with Gasteiger partial charge in [0.1, 0.15) is 0 Å². The molecule has 7 heteroatoms. The van der Waals surface area contributed by atoms with Crippen molar-refractivity contribution >= 4 is 28.7 Å². The van der Waals surface area contributed by atoms with Crippen LogP contribution in [0.15, 0.2) is 53.6 Å². The minimum Gasteiger partial charge on any atom is -0.267 e. The van der Waals surface area contributed by atoms with Crippen molar-refractivity contribution in [2.75, 3.05) is 0 Å². The number of hydrogen-bond acceptors (Lipinski definition) is 5. The van der Waals surface area contributed by atoms with Crippen LogP contribution in [0.2, 0.25) is 0 Å². The number of para-hydroxylation sites is 1. The summed E-state index contributed by atoms with van der Waals surface area (Å²) < 4.78 is 0. The number of nitro groups is 1. The molecule has 0 saturated carbocycles. The summed E-state index contributed by atoms with van der Waals surface area (Å²) in [6.45, 7) is 3.72. The Morgan fingerprint density at radius 1 is 1.19 bits per heavy atom. The number of nitrogens with one attached hydrogen (secondary N) is 1. The molecule has 2 aromatic carbocycles. The predicted octanol–water partition coefficient (Wildman–Crippen LogP) is 3.52. The zero-order valence-corrected chi connectivity index (χ0v) is 14.3. The van der Waals surface area contributed by atoms with E-state index in [0.717, 1.165) is 16.5 Å². The van der Waals surface area contributed by atoms with Crippen LogP contribution >= 0.6 is 0 Å². The molecule has 1 heterocycles. The van der Waals surface area contributed by atoms with Crippen LogP contribution in [-0.4, -0.2) is 22.0 Å². The van der Waals surface area contributed by atoms with E-state index in [1.54, 1.807) is 31.2 Å². The van der Waals surface area contributed by atoms with Crippen molar-refractivity contribution in [1.29, 1.82) is 0 Å². The van der Waals surface area contributed by atoms with Crippen molar-refractivity contribution in [2.45, 2.75) is 13.8 Å². The number of benzene rings is 2. The van der Waals surface area contributed by atoms with Crippen LogP contribution in [-0.2, 0) is 0 Å². The van der Waals surface area contributed by atoms with Gasteiger partial charge < -0.3 is 0 Å². The molecule has 0 aliphatic heterocycles. The van der Waals surface area contributed by atoms with E-state index in [-0.39, 0.29) is 5.69 Å². The molecule has 130 valence electrons. The Balaban J connectivity index is 1.83. The van der Waals surface area contributed by atoms with Crippen molar-refractivity contribution in [3.63, 3.8) is 0 Å². The van der Waals surface area contributed by atoms with E-state index < -0.39 is 10.8 Å². The van der Waals surface area contributed by atoms with Crippen LogP contribution in [0.1, 0.15) is 27.2 Å². The van der Waals surface area contributed by atoms with Gasteiger partial charge in [-0.2, -0.15) is 5.10 Å². The van der Waals surface area contributed by atoms with Gasteiger partial charge in [0.25, 0.3) is 11.6 Å². The first-order valence-electron chi connectivity index (χ1n) is 7.90. The molecule has 0 atom stereocenters. The number of hydrogen-bond donors (Lipinski definition) is 1. The summed E-state index contributed by atoms with van der Waals surface area (Å²) in [6, 6.07) is 13.8. The third-order valence-electron chi connectivity index (χ3n) is 3.91. The molecule has 1 aromatic heterocycles. The Bertz CT molecular complexity index is 1040. The first kappa shape index (κ1) is 17.2. The number of carbonyl (C=O) groups is 1. The molecule has 1 amide bonds. The maximum atomic E-state index is 12.4. The zero-order chi connectivity index (χ0) is 18.7. The van der Waals surface area contributed by atoms with Crippen molar-refractivity contribution in [2.24, 2.45) is 5.10 Å². The lowest BCUT2D eigenvalue weighted by molar-refractivity contribution is -0.385. The van der Waals surface area contributed by atoms with Gasteiger partial charge in [0.2, 0.25) is 0 Å². The molecule has 26 heavy (non-hydrogen) atoms. The maximum absolute atomic E-state index is 12.4. The lowest BCUT2D eigenvalue weighted by Gasteiger charge is -2.07. The van der Waals surface area contributed by atoms with E-state index in [1.807, 2.05) is 25.1 Å². The molecular formula is C19H16N4O3. The van der Waals surface area contributed by atoms with Gasteiger partial charge >= 0.3 is 0 Å². The Labute approximate surface area is 149 Å². The molecule has 0 aliphatic rings. The highest BCUT2D eigenvalue weighted by molar-refractivity contribution is 5.99. The number of fused-ring (bicyclic) bond motifs is 1. The van der Waals surface area contributed by atoms with Crippen molar-refractivity contribution in [3.05, 3.63) is 81.0 Å². The largest absolute Gasteiger partial charge is 0.278 e. The molecular weight excluding hydrogens is 332 g/mol. The van der Waals surface area contributed by atoms with Crippen molar-refractivity contribution < 1.29 is 9.72 Å². The van der Waals surface area contributed by atoms with Gasteiger partial charge in [-0.15, -0.1) is 0 Å². The lowest BCUT2D eigenvalue weighted by Crippen LogP contribution is -2.19. The summed E-state index contributed by atoms with van der Waals surface area (Å²) in [6.07, 6.45) is 1.25. The molecule has 0 saturated heterocycles. The minimum absolute atomic E-state index is 0.0791. The zero-order valence-electron chi connectivity index (χ0n) is 14.3. The number of rotatable bonds is 4. The second-order valence-electron chi connectivity index (χ2n) is 5.83. The summed E-state index contributed by atoms with van der Waals surface area (Å²) in [5.41, 5.74) is 5.50. The summed E-state index contributed by atoms with van der Waals surface area (Å²) >= 11 is 0. The first-order valence-corrected chi connectivity index (χ1v) is 7.90. The molecule has 3 aromatic rings. The average Bonchev–Trinajstić information content (AvgIpc) is 2.61. The lowest BCUT2D eigenvalue weighted by atomic mass is 10.1. The predicted molar refractivity (Wildman–Crippen MR) is 99.4 cm³/mol. The van der Waals surface area contributed by atoms with E-state index in [1.165, 1.54) is 12.3 Å². The summed E-state index contributed by atoms with van der Waals surface area (Å²) in [4.78, 5) is 27.3. The van der Waals surface area contributed by atoms with Crippen LogP contribution in [0, 0.1) is 24.0 Å². The SMILES string of the molecule is Cc1ccc2nc(C)c(C(=O)N/N=C\c3ccccc3[N+](=O)[O-])cc2c1. The number of aromatic nitrogens is 1. The highest BCUT2D eigenvalue weighted by Crippen LogP contribution is 2.18. The average molecular weight is 348 g/mol. The third kappa shape index (κ3) is 3.56. The highest BCUT2D eigenvalue weighted by atomic mass is 16.6. The fraction of sp³-hybridized carbons (Fsp3) is 0.105. The van der Waals surface area contributed by atoms with Gasteiger partial charge in [-0.1, -0.05) is 23.8 Å².